The van der Waals surface area contributed by atoms with Gasteiger partial charge in [0.1, 0.15) is 5.52 Å². The highest BCUT2D eigenvalue weighted by atomic mass is 16.5. The Morgan fingerprint density at radius 2 is 1.93 bits per heavy atom. The zero-order valence-corrected chi connectivity index (χ0v) is 24.6. The molecule has 2 atom stereocenters. The SMILES string of the molecule is CC1CCC(Cn2c(N3CCCCC3c3cccnc3)nc3nc(-c4noc(=O)[nH]4)nc(NC(C)C4CCC4)c32)CC1. The maximum atomic E-state index is 11.8. The summed E-state index contributed by atoms with van der Waals surface area (Å²) in [5.74, 6) is 3.55. The number of pyridine rings is 1. The maximum absolute atomic E-state index is 11.8. The number of fused-ring (bicyclic) bond motifs is 1. The van der Waals surface area contributed by atoms with E-state index in [1.807, 2.05) is 18.5 Å². The van der Waals surface area contributed by atoms with Gasteiger partial charge < -0.3 is 14.8 Å². The minimum absolute atomic E-state index is 0.194. The number of nitrogens with zero attached hydrogens (tertiary/aromatic N) is 7. The molecular weight excluding hydrogens is 530 g/mol. The molecule has 1 aliphatic heterocycles. The fraction of sp³-hybridized carbons (Fsp3) is 0.613. The summed E-state index contributed by atoms with van der Waals surface area (Å²) in [4.78, 5) is 36.4. The Hall–Kier alpha value is -3.76. The minimum Gasteiger partial charge on any atom is -0.365 e. The first-order chi connectivity index (χ1) is 20.5. The number of aromatic amines is 1. The number of hydrogen-bond acceptors (Lipinski definition) is 9. The molecule has 0 aromatic carbocycles. The molecule has 0 radical (unpaired) electrons. The lowest BCUT2D eigenvalue weighted by atomic mass is 9.80. The van der Waals surface area contributed by atoms with Crippen molar-refractivity contribution in [2.24, 2.45) is 17.8 Å². The molecule has 4 aromatic heterocycles. The van der Waals surface area contributed by atoms with Gasteiger partial charge >= 0.3 is 5.76 Å². The monoisotopic (exact) mass is 571 g/mol. The fourth-order valence-electron chi connectivity index (χ4n) is 7.08. The van der Waals surface area contributed by atoms with Crippen molar-refractivity contribution in [1.82, 2.24) is 34.6 Å². The number of nitrogens with one attached hydrogen (secondary N) is 2. The van der Waals surface area contributed by atoms with E-state index in [2.05, 4.69) is 49.8 Å². The predicted molar refractivity (Wildman–Crippen MR) is 161 cm³/mol. The number of aromatic nitrogens is 7. The summed E-state index contributed by atoms with van der Waals surface area (Å²) in [6.45, 7) is 6.41. The minimum atomic E-state index is -0.628. The quantitative estimate of drug-likeness (QED) is 0.272. The van der Waals surface area contributed by atoms with Crippen LogP contribution >= 0.6 is 0 Å². The third-order valence-corrected chi connectivity index (χ3v) is 9.86. The second-order valence-corrected chi connectivity index (χ2v) is 12.8. The van der Waals surface area contributed by atoms with Gasteiger partial charge in [-0.15, -0.1) is 0 Å². The lowest BCUT2D eigenvalue weighted by molar-refractivity contribution is 0.266. The average Bonchev–Trinajstić information content (AvgIpc) is 3.57. The molecule has 11 nitrogen and oxygen atoms in total. The van der Waals surface area contributed by atoms with Crippen LogP contribution in [-0.2, 0) is 6.54 Å². The lowest BCUT2D eigenvalue weighted by Gasteiger charge is -2.37. The molecule has 5 heterocycles. The summed E-state index contributed by atoms with van der Waals surface area (Å²) in [6.07, 6.45) is 15.8. The predicted octanol–water partition coefficient (Wildman–Crippen LogP) is 5.72. The summed E-state index contributed by atoms with van der Waals surface area (Å²) in [7, 11) is 0. The van der Waals surface area contributed by atoms with Crippen LogP contribution < -0.4 is 16.0 Å². The molecule has 1 saturated heterocycles. The highest BCUT2D eigenvalue weighted by molar-refractivity contribution is 5.87. The molecule has 0 spiro atoms. The molecule has 3 aliphatic rings. The van der Waals surface area contributed by atoms with Crippen LogP contribution in [0.1, 0.15) is 89.7 Å². The Morgan fingerprint density at radius 1 is 1.07 bits per heavy atom. The van der Waals surface area contributed by atoms with Crippen molar-refractivity contribution < 1.29 is 4.52 Å². The molecule has 2 saturated carbocycles. The molecule has 222 valence electrons. The van der Waals surface area contributed by atoms with Gasteiger partial charge in [-0.3, -0.25) is 14.5 Å². The number of H-pyrrole nitrogens is 1. The number of imidazole rings is 1. The number of piperidine rings is 1. The summed E-state index contributed by atoms with van der Waals surface area (Å²) >= 11 is 0. The van der Waals surface area contributed by atoms with Crippen LogP contribution in [0.25, 0.3) is 22.8 Å². The Kier molecular flexibility index (Phi) is 7.41. The van der Waals surface area contributed by atoms with Crippen LogP contribution in [0.5, 0.6) is 0 Å². The Morgan fingerprint density at radius 3 is 2.64 bits per heavy atom. The standard InChI is InChI=1S/C31H41N9O2/c1-19-11-13-21(14-12-19)18-40-25-26(33-20(2)22-7-5-8-22)34-28(29-37-31(41)42-38-29)35-27(25)36-30(40)39-16-4-3-10-24(39)23-9-6-15-32-17-23/h6,9,15,17,19-22,24H,3-5,7-8,10-14,16,18H2,1-2H3,(H,33,34,35)(H,37,38,41). The first-order valence-electron chi connectivity index (χ1n) is 15.8. The van der Waals surface area contributed by atoms with Gasteiger partial charge in [0.2, 0.25) is 17.6 Å². The third kappa shape index (κ3) is 5.29. The second-order valence-electron chi connectivity index (χ2n) is 12.8. The molecule has 2 aliphatic carbocycles. The van der Waals surface area contributed by atoms with Crippen molar-refractivity contribution in [1.29, 1.82) is 0 Å². The summed E-state index contributed by atoms with van der Waals surface area (Å²) in [5.41, 5.74) is 2.76. The van der Waals surface area contributed by atoms with E-state index in [4.69, 9.17) is 19.5 Å². The van der Waals surface area contributed by atoms with Crippen molar-refractivity contribution in [3.05, 3.63) is 40.6 Å². The topological polar surface area (TPSA) is 131 Å². The van der Waals surface area contributed by atoms with E-state index in [0.717, 1.165) is 49.1 Å². The Labute approximate surface area is 245 Å². The van der Waals surface area contributed by atoms with Crippen molar-refractivity contribution >= 4 is 22.9 Å². The molecule has 42 heavy (non-hydrogen) atoms. The summed E-state index contributed by atoms with van der Waals surface area (Å²) < 4.78 is 7.21. The van der Waals surface area contributed by atoms with E-state index in [-0.39, 0.29) is 17.9 Å². The second kappa shape index (κ2) is 11.5. The van der Waals surface area contributed by atoms with Crippen LogP contribution in [-0.4, -0.2) is 47.2 Å². The van der Waals surface area contributed by atoms with Gasteiger partial charge in [0.15, 0.2) is 11.5 Å². The first-order valence-corrected chi connectivity index (χ1v) is 15.8. The molecule has 7 rings (SSSR count). The molecule has 2 unspecified atom stereocenters. The fourth-order valence-corrected chi connectivity index (χ4v) is 7.08. The van der Waals surface area contributed by atoms with E-state index in [0.29, 0.717) is 23.3 Å². The first kappa shape index (κ1) is 27.1. The lowest BCUT2D eigenvalue weighted by Crippen LogP contribution is -2.36. The molecule has 4 aromatic rings. The molecule has 0 amide bonds. The van der Waals surface area contributed by atoms with Gasteiger partial charge in [-0.2, -0.15) is 4.98 Å². The molecule has 0 bridgehead atoms. The molecule has 11 heteroatoms. The van der Waals surface area contributed by atoms with Crippen LogP contribution in [0.2, 0.25) is 0 Å². The van der Waals surface area contributed by atoms with E-state index in [9.17, 15) is 4.79 Å². The van der Waals surface area contributed by atoms with Gasteiger partial charge in [-0.25, -0.2) is 14.8 Å². The molecule has 3 fully saturated rings. The molecule has 2 N–H and O–H groups in total. The Balaban J connectivity index is 1.38. The van der Waals surface area contributed by atoms with E-state index < -0.39 is 5.76 Å². The van der Waals surface area contributed by atoms with Crippen molar-refractivity contribution in [3.8, 4) is 11.6 Å². The van der Waals surface area contributed by atoms with Crippen LogP contribution in [0.4, 0.5) is 11.8 Å². The third-order valence-electron chi connectivity index (χ3n) is 9.86. The van der Waals surface area contributed by atoms with Crippen molar-refractivity contribution in [3.63, 3.8) is 0 Å². The van der Waals surface area contributed by atoms with Crippen LogP contribution in [0.15, 0.2) is 33.8 Å². The maximum Gasteiger partial charge on any atom is 0.439 e. The van der Waals surface area contributed by atoms with Gasteiger partial charge in [0.05, 0.1) is 6.04 Å². The van der Waals surface area contributed by atoms with Gasteiger partial charge in [-0.1, -0.05) is 37.4 Å². The van der Waals surface area contributed by atoms with Gasteiger partial charge in [-0.05, 0) is 81.3 Å². The largest absolute Gasteiger partial charge is 0.439 e. The number of rotatable bonds is 8. The smallest absolute Gasteiger partial charge is 0.365 e. The average molecular weight is 572 g/mol. The molecular formula is C31H41N9O2. The van der Waals surface area contributed by atoms with Crippen molar-refractivity contribution in [2.45, 2.75) is 96.7 Å². The van der Waals surface area contributed by atoms with Crippen LogP contribution in [0, 0.1) is 17.8 Å². The highest BCUT2D eigenvalue weighted by Crippen LogP contribution is 2.40. The van der Waals surface area contributed by atoms with Gasteiger partial charge in [0, 0.05) is 31.5 Å². The Bertz CT molecular complexity index is 1570. The van der Waals surface area contributed by atoms with Crippen LogP contribution in [0.3, 0.4) is 0 Å². The zero-order valence-electron chi connectivity index (χ0n) is 24.6. The highest BCUT2D eigenvalue weighted by Gasteiger charge is 2.33. The van der Waals surface area contributed by atoms with Crippen molar-refractivity contribution in [2.75, 3.05) is 16.8 Å². The zero-order chi connectivity index (χ0) is 28.6. The summed E-state index contributed by atoms with van der Waals surface area (Å²) in [6, 6.07) is 4.65. The van der Waals surface area contributed by atoms with Gasteiger partial charge in [0.25, 0.3) is 0 Å². The van der Waals surface area contributed by atoms with E-state index in [1.165, 1.54) is 56.9 Å². The van der Waals surface area contributed by atoms with E-state index in [1.54, 1.807) is 0 Å². The number of hydrogen-bond donors (Lipinski definition) is 2. The number of anilines is 2. The van der Waals surface area contributed by atoms with E-state index >= 15 is 0 Å². The normalized spacial score (nSPS) is 24.0. The summed E-state index contributed by atoms with van der Waals surface area (Å²) in [5, 5.41) is 7.66.